The number of nitrogens with zero attached hydrogens (tertiary/aromatic N) is 1. The Kier molecular flexibility index (Phi) is 3.68. The molecule has 2 fully saturated rings. The summed E-state index contributed by atoms with van der Waals surface area (Å²) in [5.41, 5.74) is 5.97. The summed E-state index contributed by atoms with van der Waals surface area (Å²) in [4.78, 5) is 2.71. The summed E-state index contributed by atoms with van der Waals surface area (Å²) < 4.78 is 0. The van der Waals surface area contributed by atoms with Crippen molar-refractivity contribution in [3.8, 4) is 0 Å². The highest BCUT2D eigenvalue weighted by Crippen LogP contribution is 2.29. The second-order valence-electron chi connectivity index (χ2n) is 5.79. The first-order valence-electron chi connectivity index (χ1n) is 6.66. The van der Waals surface area contributed by atoms with Gasteiger partial charge in [-0.3, -0.25) is 0 Å². The van der Waals surface area contributed by atoms with Gasteiger partial charge in [-0.15, -0.1) is 0 Å². The number of hydrogen-bond donors (Lipinski definition) is 1. The van der Waals surface area contributed by atoms with Gasteiger partial charge in [-0.1, -0.05) is 6.92 Å². The minimum Gasteiger partial charge on any atom is -0.328 e. The first-order valence-corrected chi connectivity index (χ1v) is 6.66. The van der Waals surface area contributed by atoms with Gasteiger partial charge in [-0.25, -0.2) is 0 Å². The van der Waals surface area contributed by atoms with Crippen LogP contribution in [-0.2, 0) is 0 Å². The molecule has 0 spiro atoms. The molecule has 0 bridgehead atoms. The van der Waals surface area contributed by atoms with E-state index < -0.39 is 0 Å². The number of likely N-dealkylation sites (tertiary alicyclic amines) is 1. The van der Waals surface area contributed by atoms with Crippen LogP contribution in [0.5, 0.6) is 0 Å². The Morgan fingerprint density at radius 2 is 2.00 bits per heavy atom. The van der Waals surface area contributed by atoms with Gasteiger partial charge in [0.05, 0.1) is 0 Å². The lowest BCUT2D eigenvalue weighted by atomic mass is 9.91. The summed E-state index contributed by atoms with van der Waals surface area (Å²) in [5.74, 6) is 1.77. The van der Waals surface area contributed by atoms with E-state index in [2.05, 4.69) is 18.7 Å². The molecule has 0 aromatic heterocycles. The number of rotatable bonds is 2. The van der Waals surface area contributed by atoms with Gasteiger partial charge in [-0.2, -0.15) is 0 Å². The van der Waals surface area contributed by atoms with Gasteiger partial charge in [0.2, 0.25) is 0 Å². The van der Waals surface area contributed by atoms with E-state index in [-0.39, 0.29) is 0 Å². The van der Waals surface area contributed by atoms with Crippen LogP contribution in [0, 0.1) is 11.8 Å². The molecule has 2 N–H and O–H groups in total. The first kappa shape index (κ1) is 11.4. The minimum absolute atomic E-state index is 0.493. The normalized spacial score (nSPS) is 43.4. The van der Waals surface area contributed by atoms with E-state index in [1.165, 1.54) is 45.2 Å². The molecule has 88 valence electrons. The third kappa shape index (κ3) is 2.73. The lowest BCUT2D eigenvalue weighted by Crippen LogP contribution is -2.44. The number of piperidine rings is 1. The topological polar surface area (TPSA) is 29.3 Å². The Bertz CT molecular complexity index is 205. The van der Waals surface area contributed by atoms with E-state index in [0.29, 0.717) is 6.04 Å². The maximum Gasteiger partial charge on any atom is 0.00926 e. The Hall–Kier alpha value is -0.0800. The molecule has 15 heavy (non-hydrogen) atoms. The van der Waals surface area contributed by atoms with Crippen molar-refractivity contribution >= 4 is 0 Å². The van der Waals surface area contributed by atoms with Crippen LogP contribution in [0.25, 0.3) is 0 Å². The fourth-order valence-corrected chi connectivity index (χ4v) is 3.29. The summed E-state index contributed by atoms with van der Waals surface area (Å²) in [6.45, 7) is 7.42. The molecule has 4 atom stereocenters. The Morgan fingerprint density at radius 3 is 2.67 bits per heavy atom. The first-order chi connectivity index (χ1) is 7.16. The summed E-state index contributed by atoms with van der Waals surface area (Å²) >= 11 is 0. The van der Waals surface area contributed by atoms with Crippen LogP contribution in [-0.4, -0.2) is 30.1 Å². The zero-order valence-corrected chi connectivity index (χ0v) is 10.3. The van der Waals surface area contributed by atoms with Crippen LogP contribution in [0.1, 0.15) is 46.0 Å². The molecule has 1 saturated heterocycles. The summed E-state index contributed by atoms with van der Waals surface area (Å²) in [5, 5.41) is 0. The van der Waals surface area contributed by atoms with E-state index in [1.807, 2.05) is 0 Å². The maximum absolute atomic E-state index is 5.97. The molecule has 4 unspecified atom stereocenters. The van der Waals surface area contributed by atoms with Crippen molar-refractivity contribution in [2.75, 3.05) is 13.1 Å². The van der Waals surface area contributed by atoms with Gasteiger partial charge in [-0.05, 0) is 57.4 Å². The molecular formula is C13H26N2. The third-order valence-electron chi connectivity index (χ3n) is 4.58. The lowest BCUT2D eigenvalue weighted by molar-refractivity contribution is 0.0959. The largest absolute Gasteiger partial charge is 0.328 e. The predicted molar refractivity (Wildman–Crippen MR) is 64.7 cm³/mol. The molecule has 2 nitrogen and oxygen atoms in total. The summed E-state index contributed by atoms with van der Waals surface area (Å²) in [6, 6.07) is 1.28. The highest BCUT2D eigenvalue weighted by atomic mass is 15.2. The van der Waals surface area contributed by atoms with Gasteiger partial charge < -0.3 is 10.6 Å². The highest BCUT2D eigenvalue weighted by Gasteiger charge is 2.29. The fourth-order valence-electron chi connectivity index (χ4n) is 3.29. The van der Waals surface area contributed by atoms with Crippen molar-refractivity contribution in [3.63, 3.8) is 0 Å². The molecule has 0 amide bonds. The molecule has 1 aliphatic carbocycles. The van der Waals surface area contributed by atoms with Gasteiger partial charge >= 0.3 is 0 Å². The third-order valence-corrected chi connectivity index (χ3v) is 4.58. The van der Waals surface area contributed by atoms with E-state index in [1.54, 1.807) is 0 Å². The Balaban J connectivity index is 1.82. The van der Waals surface area contributed by atoms with Crippen molar-refractivity contribution in [3.05, 3.63) is 0 Å². The Morgan fingerprint density at radius 1 is 1.20 bits per heavy atom. The van der Waals surface area contributed by atoms with E-state index in [9.17, 15) is 0 Å². The van der Waals surface area contributed by atoms with E-state index in [0.717, 1.165) is 17.9 Å². The molecule has 1 saturated carbocycles. The molecule has 1 heterocycles. The van der Waals surface area contributed by atoms with Crippen LogP contribution >= 0.6 is 0 Å². The van der Waals surface area contributed by atoms with Gasteiger partial charge in [0.15, 0.2) is 0 Å². The zero-order chi connectivity index (χ0) is 10.8. The lowest BCUT2D eigenvalue weighted by Gasteiger charge is -2.39. The smallest absolute Gasteiger partial charge is 0.00926 e. The number of hydrogen-bond acceptors (Lipinski definition) is 2. The van der Waals surface area contributed by atoms with Crippen molar-refractivity contribution in [1.82, 2.24) is 4.90 Å². The fraction of sp³-hybridized carbons (Fsp3) is 1.00. The minimum atomic E-state index is 0.493. The van der Waals surface area contributed by atoms with Gasteiger partial charge in [0, 0.05) is 18.6 Å². The van der Waals surface area contributed by atoms with Crippen LogP contribution < -0.4 is 5.73 Å². The van der Waals surface area contributed by atoms with Crippen molar-refractivity contribution in [1.29, 1.82) is 0 Å². The monoisotopic (exact) mass is 210 g/mol. The molecule has 0 aromatic rings. The van der Waals surface area contributed by atoms with E-state index >= 15 is 0 Å². The van der Waals surface area contributed by atoms with Crippen LogP contribution in [0.4, 0.5) is 0 Å². The van der Waals surface area contributed by atoms with Crippen LogP contribution in [0.3, 0.4) is 0 Å². The predicted octanol–water partition coefficient (Wildman–Crippen LogP) is 2.23. The van der Waals surface area contributed by atoms with Crippen LogP contribution in [0.15, 0.2) is 0 Å². The summed E-state index contributed by atoms with van der Waals surface area (Å²) in [6.07, 6.45) is 6.69. The standard InChI is InChI=1S/C13H26N2/c1-10-4-3-7-15(11(10)2)9-12-5-6-13(14)8-12/h10-13H,3-9,14H2,1-2H3. The average Bonchev–Trinajstić information content (AvgIpc) is 2.59. The molecule has 0 aromatic carbocycles. The Labute approximate surface area is 94.2 Å². The second-order valence-corrected chi connectivity index (χ2v) is 5.79. The molecule has 2 aliphatic rings. The second kappa shape index (κ2) is 4.84. The highest BCUT2D eigenvalue weighted by molar-refractivity contribution is 4.84. The van der Waals surface area contributed by atoms with Gasteiger partial charge in [0.1, 0.15) is 0 Å². The quantitative estimate of drug-likeness (QED) is 0.757. The van der Waals surface area contributed by atoms with E-state index in [4.69, 9.17) is 5.73 Å². The van der Waals surface area contributed by atoms with Crippen molar-refractivity contribution in [2.24, 2.45) is 17.6 Å². The number of nitrogens with two attached hydrogens (primary N) is 1. The van der Waals surface area contributed by atoms with Gasteiger partial charge in [0.25, 0.3) is 0 Å². The molecule has 1 aliphatic heterocycles. The maximum atomic E-state index is 5.97. The molecule has 2 rings (SSSR count). The molecule has 2 heteroatoms. The average molecular weight is 210 g/mol. The summed E-state index contributed by atoms with van der Waals surface area (Å²) in [7, 11) is 0. The van der Waals surface area contributed by atoms with Crippen LogP contribution in [0.2, 0.25) is 0 Å². The SMILES string of the molecule is CC1CCCN(CC2CCC(N)C2)C1C. The molecule has 0 radical (unpaired) electrons. The van der Waals surface area contributed by atoms with Crippen molar-refractivity contribution < 1.29 is 0 Å². The zero-order valence-electron chi connectivity index (χ0n) is 10.3. The molecular weight excluding hydrogens is 184 g/mol. The van der Waals surface area contributed by atoms with Crippen molar-refractivity contribution in [2.45, 2.75) is 58.0 Å².